The maximum absolute atomic E-state index is 10.5. The Morgan fingerprint density at radius 1 is 0.833 bits per heavy atom. The summed E-state index contributed by atoms with van der Waals surface area (Å²) in [4.78, 5) is 10.5. The summed E-state index contributed by atoms with van der Waals surface area (Å²) < 4.78 is 0. The number of carboxylic acids is 1. The SMILES string of the molecule is O=C([O-])c1ccc(C#Cc2ccccc2)cc1.[Li+]. The van der Waals surface area contributed by atoms with E-state index in [-0.39, 0.29) is 24.4 Å². The van der Waals surface area contributed by atoms with Gasteiger partial charge in [-0.2, -0.15) is 0 Å². The predicted octanol–water partition coefficient (Wildman–Crippen LogP) is -1.55. The first kappa shape index (κ1) is 14.1. The molecule has 18 heavy (non-hydrogen) atoms. The number of rotatable bonds is 1. The van der Waals surface area contributed by atoms with Gasteiger partial charge in [-0.15, -0.1) is 0 Å². The minimum atomic E-state index is -1.17. The number of aromatic carboxylic acids is 1. The summed E-state index contributed by atoms with van der Waals surface area (Å²) in [6, 6.07) is 15.9. The monoisotopic (exact) mass is 228 g/mol. The van der Waals surface area contributed by atoms with E-state index in [0.29, 0.717) is 0 Å². The van der Waals surface area contributed by atoms with E-state index in [1.54, 1.807) is 12.1 Å². The summed E-state index contributed by atoms with van der Waals surface area (Å²) in [5.74, 6) is 4.79. The average Bonchev–Trinajstić information content (AvgIpc) is 2.38. The fourth-order valence-electron chi connectivity index (χ4n) is 1.36. The molecule has 82 valence electrons. The van der Waals surface area contributed by atoms with Crippen LogP contribution in [0.4, 0.5) is 0 Å². The summed E-state index contributed by atoms with van der Waals surface area (Å²) in [7, 11) is 0. The van der Waals surface area contributed by atoms with Gasteiger partial charge < -0.3 is 9.90 Å². The van der Waals surface area contributed by atoms with E-state index in [1.165, 1.54) is 12.1 Å². The molecule has 0 fully saturated rings. The maximum atomic E-state index is 10.5. The van der Waals surface area contributed by atoms with Crippen molar-refractivity contribution in [2.75, 3.05) is 0 Å². The Morgan fingerprint density at radius 2 is 1.33 bits per heavy atom. The second-order valence-electron chi connectivity index (χ2n) is 3.48. The molecule has 2 nitrogen and oxygen atoms in total. The minimum absolute atomic E-state index is 0. The van der Waals surface area contributed by atoms with Gasteiger partial charge in [-0.1, -0.05) is 42.2 Å². The van der Waals surface area contributed by atoms with Gasteiger partial charge in [-0.25, -0.2) is 0 Å². The number of hydrogen-bond acceptors (Lipinski definition) is 2. The predicted molar refractivity (Wildman–Crippen MR) is 63.2 cm³/mol. The van der Waals surface area contributed by atoms with Crippen LogP contribution in [0.3, 0.4) is 0 Å². The van der Waals surface area contributed by atoms with Crippen molar-refractivity contribution < 1.29 is 28.8 Å². The number of hydrogen-bond donors (Lipinski definition) is 0. The molecule has 0 saturated heterocycles. The molecule has 0 heterocycles. The van der Waals surface area contributed by atoms with Gasteiger partial charge in [0.05, 0.1) is 5.97 Å². The number of benzene rings is 2. The normalized spacial score (nSPS) is 8.67. The van der Waals surface area contributed by atoms with Gasteiger partial charge in [0.1, 0.15) is 0 Å². The van der Waals surface area contributed by atoms with Gasteiger partial charge in [0.15, 0.2) is 0 Å². The molecular weight excluding hydrogens is 219 g/mol. The molecule has 0 aromatic heterocycles. The summed E-state index contributed by atoms with van der Waals surface area (Å²) in [5, 5.41) is 10.5. The van der Waals surface area contributed by atoms with Crippen molar-refractivity contribution in [3.63, 3.8) is 0 Å². The quantitative estimate of drug-likeness (QED) is 0.438. The van der Waals surface area contributed by atoms with Crippen LogP contribution in [-0.2, 0) is 0 Å². The van der Waals surface area contributed by atoms with E-state index >= 15 is 0 Å². The van der Waals surface area contributed by atoms with Crippen LogP contribution >= 0.6 is 0 Å². The van der Waals surface area contributed by atoms with Gasteiger partial charge in [-0.3, -0.25) is 0 Å². The van der Waals surface area contributed by atoms with Crippen molar-refractivity contribution in [1.29, 1.82) is 0 Å². The van der Waals surface area contributed by atoms with E-state index < -0.39 is 5.97 Å². The largest absolute Gasteiger partial charge is 1.00 e. The third-order valence-corrected chi connectivity index (χ3v) is 2.25. The molecule has 0 N–H and O–H groups in total. The molecule has 0 aliphatic heterocycles. The van der Waals surface area contributed by atoms with E-state index in [0.717, 1.165) is 11.1 Å². The molecule has 0 aliphatic rings. The molecule has 0 bridgehead atoms. The van der Waals surface area contributed by atoms with Gasteiger partial charge in [0.25, 0.3) is 0 Å². The van der Waals surface area contributed by atoms with Gasteiger partial charge >= 0.3 is 18.9 Å². The van der Waals surface area contributed by atoms with Crippen LogP contribution in [0.2, 0.25) is 0 Å². The molecule has 0 atom stereocenters. The third-order valence-electron chi connectivity index (χ3n) is 2.25. The summed E-state index contributed by atoms with van der Waals surface area (Å²) in [6.45, 7) is 0. The van der Waals surface area contributed by atoms with Crippen LogP contribution in [0.5, 0.6) is 0 Å². The fraction of sp³-hybridized carbons (Fsp3) is 0. The standard InChI is InChI=1S/C15H10O2.Li/c16-15(17)14-10-8-13(9-11-14)7-6-12-4-2-1-3-5-12;/h1-5,8-11H,(H,16,17);/q;+1/p-1. The molecule has 2 aromatic carbocycles. The first-order valence-electron chi connectivity index (χ1n) is 5.14. The average molecular weight is 228 g/mol. The van der Waals surface area contributed by atoms with Crippen LogP contribution in [0.1, 0.15) is 21.5 Å². The summed E-state index contributed by atoms with van der Waals surface area (Å²) >= 11 is 0. The van der Waals surface area contributed by atoms with E-state index in [1.807, 2.05) is 30.3 Å². The van der Waals surface area contributed by atoms with Gasteiger partial charge in [-0.05, 0) is 29.8 Å². The summed E-state index contributed by atoms with van der Waals surface area (Å²) in [6.07, 6.45) is 0. The van der Waals surface area contributed by atoms with Crippen molar-refractivity contribution in [2.45, 2.75) is 0 Å². The minimum Gasteiger partial charge on any atom is -0.545 e. The topological polar surface area (TPSA) is 40.1 Å². The Morgan fingerprint density at radius 3 is 1.83 bits per heavy atom. The molecular formula is C15H9LiO2. The van der Waals surface area contributed by atoms with Crippen molar-refractivity contribution >= 4 is 5.97 Å². The zero-order valence-corrected chi connectivity index (χ0v) is 10.0. The molecule has 2 rings (SSSR count). The molecule has 3 heteroatoms. The molecule has 0 saturated carbocycles. The smallest absolute Gasteiger partial charge is 0.545 e. The number of carbonyl (C=O) groups excluding carboxylic acids is 1. The van der Waals surface area contributed by atoms with E-state index in [2.05, 4.69) is 11.8 Å². The Labute approximate surface area is 118 Å². The Balaban J connectivity index is 0.00000162. The molecule has 2 aromatic rings. The maximum Gasteiger partial charge on any atom is 1.00 e. The van der Waals surface area contributed by atoms with Crippen LogP contribution in [0.15, 0.2) is 54.6 Å². The summed E-state index contributed by atoms with van der Waals surface area (Å²) in [5.41, 5.74) is 1.87. The Hall–Kier alpha value is -1.93. The van der Waals surface area contributed by atoms with Crippen LogP contribution in [-0.4, -0.2) is 5.97 Å². The Bertz CT molecular complexity index is 577. The van der Waals surface area contributed by atoms with Crippen LogP contribution < -0.4 is 24.0 Å². The fourth-order valence-corrected chi connectivity index (χ4v) is 1.36. The molecule has 0 spiro atoms. The van der Waals surface area contributed by atoms with Crippen molar-refractivity contribution in [1.82, 2.24) is 0 Å². The zero-order chi connectivity index (χ0) is 12.1. The number of carbonyl (C=O) groups is 1. The first-order valence-corrected chi connectivity index (χ1v) is 5.14. The van der Waals surface area contributed by atoms with Crippen molar-refractivity contribution in [3.8, 4) is 11.8 Å². The molecule has 0 amide bonds. The van der Waals surface area contributed by atoms with Gasteiger partial charge in [0.2, 0.25) is 0 Å². The second kappa shape index (κ2) is 6.72. The van der Waals surface area contributed by atoms with Crippen LogP contribution in [0.25, 0.3) is 0 Å². The van der Waals surface area contributed by atoms with Crippen molar-refractivity contribution in [3.05, 3.63) is 71.3 Å². The zero-order valence-electron chi connectivity index (χ0n) is 10.0. The second-order valence-corrected chi connectivity index (χ2v) is 3.48. The third kappa shape index (κ3) is 3.82. The number of carboxylic acid groups (broad SMARTS) is 1. The van der Waals surface area contributed by atoms with Crippen LogP contribution in [0, 0.1) is 11.8 Å². The van der Waals surface area contributed by atoms with Gasteiger partial charge in [0, 0.05) is 11.1 Å². The molecule has 0 radical (unpaired) electrons. The first-order chi connectivity index (χ1) is 8.25. The molecule has 0 unspecified atom stereocenters. The Kier molecular flexibility index (Phi) is 5.27. The van der Waals surface area contributed by atoms with E-state index in [9.17, 15) is 9.90 Å². The molecule has 0 aliphatic carbocycles. The van der Waals surface area contributed by atoms with E-state index in [4.69, 9.17) is 0 Å². The van der Waals surface area contributed by atoms with Crippen molar-refractivity contribution in [2.24, 2.45) is 0 Å².